The van der Waals surface area contributed by atoms with Gasteiger partial charge in [-0.1, -0.05) is 33.6 Å². The monoisotopic (exact) mass is 530 g/mol. The molecular weight excluding hydrogens is 485 g/mol. The lowest BCUT2D eigenvalue weighted by Gasteiger charge is -2.63. The van der Waals surface area contributed by atoms with Gasteiger partial charge in [0.2, 0.25) is 0 Å². The Morgan fingerprint density at radius 2 is 1.70 bits per heavy atom. The Labute approximate surface area is 218 Å². The second kappa shape index (κ2) is 10.0. The van der Waals surface area contributed by atoms with Crippen molar-refractivity contribution in [1.29, 1.82) is 0 Å². The number of carboxylic acid groups (broad SMARTS) is 1. The zero-order chi connectivity index (χ0) is 27.4. The van der Waals surface area contributed by atoms with Crippen LogP contribution in [0.5, 0.6) is 0 Å². The topological polar surface area (TPSA) is 83.8 Å². The lowest BCUT2D eigenvalue weighted by molar-refractivity contribution is -0.294. The molecule has 5 nitrogen and oxygen atoms in total. The summed E-state index contributed by atoms with van der Waals surface area (Å²) in [7, 11) is 0. The molecule has 0 aliphatic heterocycles. The molecule has 4 saturated carbocycles. The lowest BCUT2D eigenvalue weighted by Crippen LogP contribution is -2.62. The van der Waals surface area contributed by atoms with Crippen molar-refractivity contribution in [3.05, 3.63) is 0 Å². The van der Waals surface area contributed by atoms with Crippen molar-refractivity contribution in [2.75, 3.05) is 0 Å². The smallest absolute Gasteiger partial charge is 0.417 e. The normalized spacial score (nSPS) is 44.3. The number of unbranched alkanes of at least 4 members (excludes halogenated alkanes) is 1. The first-order valence-corrected chi connectivity index (χ1v) is 14.3. The number of esters is 1. The molecule has 0 radical (unpaired) electrons. The number of aliphatic hydroxyl groups is 1. The van der Waals surface area contributed by atoms with E-state index in [1.54, 1.807) is 0 Å². The van der Waals surface area contributed by atoms with Gasteiger partial charge in [0.1, 0.15) is 6.10 Å². The molecule has 0 unspecified atom stereocenters. The minimum Gasteiger partial charge on any atom is -0.481 e. The summed E-state index contributed by atoms with van der Waals surface area (Å²) in [5, 5.41) is 19.5. The predicted molar refractivity (Wildman–Crippen MR) is 132 cm³/mol. The van der Waals surface area contributed by atoms with Crippen LogP contribution in [-0.4, -0.2) is 40.0 Å². The van der Waals surface area contributed by atoms with Crippen LogP contribution in [-0.2, 0) is 14.3 Å². The molecule has 0 bridgehead atoms. The summed E-state index contributed by atoms with van der Waals surface area (Å²) in [6, 6.07) is 0. The maximum absolute atomic E-state index is 13.8. The van der Waals surface area contributed by atoms with Crippen LogP contribution in [0.25, 0.3) is 0 Å². The molecule has 0 aromatic heterocycles. The maximum atomic E-state index is 13.8. The van der Waals surface area contributed by atoms with Gasteiger partial charge in [0, 0.05) is 19.3 Å². The largest absolute Gasteiger partial charge is 0.481 e. The Balaban J connectivity index is 1.57. The van der Waals surface area contributed by atoms with E-state index in [0.717, 1.165) is 38.5 Å². The second-order valence-corrected chi connectivity index (χ2v) is 13.5. The van der Waals surface area contributed by atoms with Gasteiger partial charge in [0.25, 0.3) is 0 Å². The third-order valence-corrected chi connectivity index (χ3v) is 11.6. The number of carbonyl (C=O) groups is 2. The molecule has 2 N–H and O–H groups in total. The lowest BCUT2D eigenvalue weighted by atomic mass is 9.43. The first-order chi connectivity index (χ1) is 17.1. The van der Waals surface area contributed by atoms with Crippen LogP contribution < -0.4 is 0 Å². The fraction of sp³-hybridized carbons (Fsp3) is 0.931. The molecule has 212 valence electrons. The van der Waals surface area contributed by atoms with Gasteiger partial charge in [-0.2, -0.15) is 13.2 Å². The van der Waals surface area contributed by atoms with E-state index in [4.69, 9.17) is 9.84 Å². The van der Waals surface area contributed by atoms with E-state index in [0.29, 0.717) is 37.0 Å². The van der Waals surface area contributed by atoms with Gasteiger partial charge in [0.15, 0.2) is 5.60 Å². The molecule has 0 saturated heterocycles. The molecule has 0 aromatic rings. The number of hydrogen-bond donors (Lipinski definition) is 2. The summed E-state index contributed by atoms with van der Waals surface area (Å²) in [4.78, 5) is 23.0. The molecule has 4 aliphatic carbocycles. The van der Waals surface area contributed by atoms with Gasteiger partial charge in [-0.3, -0.25) is 9.59 Å². The van der Waals surface area contributed by atoms with E-state index in [1.807, 2.05) is 0 Å². The van der Waals surface area contributed by atoms with Crippen molar-refractivity contribution >= 4 is 11.9 Å². The number of alkyl halides is 3. The minimum atomic E-state index is -4.66. The predicted octanol–water partition coefficient (Wildman–Crippen LogP) is 6.76. The maximum Gasteiger partial charge on any atom is 0.417 e. The number of hydrogen-bond acceptors (Lipinski definition) is 4. The third-order valence-electron chi connectivity index (χ3n) is 11.6. The first-order valence-electron chi connectivity index (χ1n) is 14.3. The summed E-state index contributed by atoms with van der Waals surface area (Å²) < 4.78 is 47.2. The highest BCUT2D eigenvalue weighted by Gasteiger charge is 2.67. The van der Waals surface area contributed by atoms with Crippen molar-refractivity contribution in [2.45, 2.75) is 123 Å². The van der Waals surface area contributed by atoms with Gasteiger partial charge in [-0.05, 0) is 98.2 Å². The van der Waals surface area contributed by atoms with E-state index in [9.17, 15) is 27.9 Å². The van der Waals surface area contributed by atoms with Gasteiger partial charge in [0.05, 0.1) is 0 Å². The number of fused-ring (bicyclic) bond motifs is 5. The standard InChI is InChI=1S/C29H45F3O5/c1-17(7-5-6-8-24(34)35)20-9-10-21-25-22(11-12-27(20,21)4)26(3)13-14-28(36,29(30,31)32)16-19(26)15-23(25)37-18(2)33/h17,19-23,25,36H,5-16H2,1-4H3,(H,34,35)/t17-,19-,20-,21+,22+,23-,25+,26+,27-,28+/m1/s1. The van der Waals surface area contributed by atoms with E-state index in [1.165, 1.54) is 6.92 Å². The van der Waals surface area contributed by atoms with Crippen molar-refractivity contribution in [1.82, 2.24) is 0 Å². The van der Waals surface area contributed by atoms with Crippen LogP contribution >= 0.6 is 0 Å². The van der Waals surface area contributed by atoms with Gasteiger partial charge in [-0.25, -0.2) is 0 Å². The SMILES string of the molecule is CC(=O)O[C@@H]1C[C@@H]2C[C@](O)(C(F)(F)F)CC[C@]2(C)[C@H]2CC[C@]3(C)[C@@H]([C@H](C)CCCCC(=O)O)CC[C@H]3[C@H]12. The minimum absolute atomic E-state index is 0.0797. The Hall–Kier alpha value is -1.31. The Morgan fingerprint density at radius 3 is 2.32 bits per heavy atom. The van der Waals surface area contributed by atoms with Crippen molar-refractivity contribution in [2.24, 2.45) is 46.3 Å². The van der Waals surface area contributed by atoms with Gasteiger partial charge in [-0.15, -0.1) is 0 Å². The zero-order valence-electron chi connectivity index (χ0n) is 22.8. The van der Waals surface area contributed by atoms with Gasteiger partial charge < -0.3 is 14.9 Å². The number of ether oxygens (including phenoxy) is 1. The van der Waals surface area contributed by atoms with Crippen LogP contribution in [0.15, 0.2) is 0 Å². The molecular formula is C29H45F3O5. The highest BCUT2D eigenvalue weighted by atomic mass is 19.4. The summed E-state index contributed by atoms with van der Waals surface area (Å²) in [5.41, 5.74) is -2.89. The molecule has 4 aliphatic rings. The summed E-state index contributed by atoms with van der Waals surface area (Å²) in [5.74, 6) is 0.154. The molecule has 10 atom stereocenters. The Morgan fingerprint density at radius 1 is 1.03 bits per heavy atom. The summed E-state index contributed by atoms with van der Waals surface area (Å²) in [6.07, 6.45) is 1.92. The van der Waals surface area contributed by atoms with E-state index < -0.39 is 23.9 Å². The quantitative estimate of drug-likeness (QED) is 0.281. The highest BCUT2D eigenvalue weighted by Crippen LogP contribution is 2.69. The van der Waals surface area contributed by atoms with Crippen molar-refractivity contribution in [3.8, 4) is 0 Å². The average Bonchev–Trinajstić information content (AvgIpc) is 3.13. The van der Waals surface area contributed by atoms with Crippen LogP contribution in [0.1, 0.15) is 105 Å². The second-order valence-electron chi connectivity index (χ2n) is 13.5. The van der Waals surface area contributed by atoms with Crippen LogP contribution in [0.3, 0.4) is 0 Å². The molecule has 0 amide bonds. The number of rotatable bonds is 7. The molecule has 37 heavy (non-hydrogen) atoms. The number of halogens is 3. The molecule has 8 heteroatoms. The van der Waals surface area contributed by atoms with Gasteiger partial charge >= 0.3 is 18.1 Å². The Bertz CT molecular complexity index is 876. The number of carboxylic acids is 1. The van der Waals surface area contributed by atoms with Crippen molar-refractivity contribution in [3.63, 3.8) is 0 Å². The van der Waals surface area contributed by atoms with Crippen molar-refractivity contribution < 1.29 is 37.7 Å². The van der Waals surface area contributed by atoms with E-state index in [-0.39, 0.29) is 53.8 Å². The van der Waals surface area contributed by atoms with E-state index in [2.05, 4.69) is 20.8 Å². The summed E-state index contributed by atoms with van der Waals surface area (Å²) in [6.45, 7) is 8.18. The molecule has 4 fully saturated rings. The Kier molecular flexibility index (Phi) is 7.77. The molecule has 0 heterocycles. The average molecular weight is 531 g/mol. The molecule has 0 spiro atoms. The summed E-state index contributed by atoms with van der Waals surface area (Å²) >= 11 is 0. The number of aliphatic carboxylic acids is 1. The molecule has 0 aromatic carbocycles. The fourth-order valence-corrected chi connectivity index (χ4v) is 9.70. The van der Waals surface area contributed by atoms with E-state index >= 15 is 0 Å². The molecule has 4 rings (SSSR count). The fourth-order valence-electron chi connectivity index (χ4n) is 9.70. The van der Waals surface area contributed by atoms with Crippen LogP contribution in [0.2, 0.25) is 0 Å². The number of carbonyl (C=O) groups excluding carboxylic acids is 1. The van der Waals surface area contributed by atoms with Crippen LogP contribution in [0, 0.1) is 46.3 Å². The zero-order valence-corrected chi connectivity index (χ0v) is 22.8. The highest BCUT2D eigenvalue weighted by molar-refractivity contribution is 5.66. The first kappa shape index (κ1) is 28.7. The third kappa shape index (κ3) is 5.05. The van der Waals surface area contributed by atoms with Crippen LogP contribution in [0.4, 0.5) is 13.2 Å².